The van der Waals surface area contributed by atoms with Crippen molar-refractivity contribution in [3.8, 4) is 0 Å². The molecular weight excluding hydrogens is 236 g/mol. The second-order valence-electron chi connectivity index (χ2n) is 4.23. The molecule has 0 saturated heterocycles. The van der Waals surface area contributed by atoms with Crippen LogP contribution in [-0.4, -0.2) is 38.0 Å². The summed E-state index contributed by atoms with van der Waals surface area (Å²) < 4.78 is 22.3. The zero-order valence-electron chi connectivity index (χ0n) is 10.4. The van der Waals surface area contributed by atoms with Crippen molar-refractivity contribution in [3.63, 3.8) is 0 Å². The van der Waals surface area contributed by atoms with Gasteiger partial charge < -0.3 is 5.32 Å². The average Bonchev–Trinajstić information content (AvgIpc) is 2.27. The number of pyridine rings is 1. The third kappa shape index (κ3) is 6.38. The Morgan fingerprint density at radius 1 is 1.35 bits per heavy atom. The van der Waals surface area contributed by atoms with Gasteiger partial charge in [0.25, 0.3) is 0 Å². The summed E-state index contributed by atoms with van der Waals surface area (Å²) in [7, 11) is -2.88. The highest BCUT2D eigenvalue weighted by atomic mass is 32.2. The molecular formula is C12H20N2O2S. The first kappa shape index (κ1) is 14.1. The fourth-order valence-electron chi connectivity index (χ4n) is 1.72. The molecule has 0 aliphatic carbocycles. The van der Waals surface area contributed by atoms with Crippen LogP contribution in [0.5, 0.6) is 0 Å². The van der Waals surface area contributed by atoms with Crippen LogP contribution in [0.1, 0.15) is 18.9 Å². The Kier molecular flexibility index (Phi) is 5.58. The Morgan fingerprint density at radius 3 is 2.53 bits per heavy atom. The minimum atomic E-state index is -2.88. The highest BCUT2D eigenvalue weighted by Gasteiger charge is 2.11. The summed E-state index contributed by atoms with van der Waals surface area (Å²) in [6.45, 7) is 2.87. The number of nitrogens with one attached hydrogen (secondary N) is 1. The smallest absolute Gasteiger partial charge is 0.147 e. The Morgan fingerprint density at radius 2 is 2.00 bits per heavy atom. The lowest BCUT2D eigenvalue weighted by molar-refractivity contribution is 0.506. The molecule has 1 atom stereocenters. The van der Waals surface area contributed by atoms with E-state index in [2.05, 4.69) is 10.3 Å². The fraction of sp³-hybridized carbons (Fsp3) is 0.583. The van der Waals surface area contributed by atoms with Crippen molar-refractivity contribution in [3.05, 3.63) is 30.1 Å². The molecule has 0 aliphatic rings. The Hall–Kier alpha value is -0.940. The van der Waals surface area contributed by atoms with Gasteiger partial charge in [0.05, 0.1) is 5.75 Å². The van der Waals surface area contributed by atoms with E-state index in [4.69, 9.17) is 0 Å². The molecule has 5 heteroatoms. The van der Waals surface area contributed by atoms with Crippen LogP contribution in [0.15, 0.2) is 24.5 Å². The van der Waals surface area contributed by atoms with Crippen LogP contribution in [0.25, 0.3) is 0 Å². The van der Waals surface area contributed by atoms with E-state index in [1.165, 1.54) is 11.8 Å². The summed E-state index contributed by atoms with van der Waals surface area (Å²) in [6.07, 6.45) is 6.28. The van der Waals surface area contributed by atoms with Crippen LogP contribution in [0.2, 0.25) is 0 Å². The van der Waals surface area contributed by atoms with Crippen molar-refractivity contribution in [2.45, 2.75) is 25.8 Å². The molecule has 0 aliphatic heterocycles. The van der Waals surface area contributed by atoms with E-state index in [-0.39, 0.29) is 11.8 Å². The molecule has 0 aromatic carbocycles. The molecule has 1 rings (SSSR count). The van der Waals surface area contributed by atoms with Crippen molar-refractivity contribution < 1.29 is 8.42 Å². The lowest BCUT2D eigenvalue weighted by Crippen LogP contribution is -2.32. The van der Waals surface area contributed by atoms with Crippen molar-refractivity contribution in [1.29, 1.82) is 0 Å². The van der Waals surface area contributed by atoms with Crippen LogP contribution in [0.4, 0.5) is 0 Å². The first-order valence-electron chi connectivity index (χ1n) is 5.81. The number of nitrogens with zero attached hydrogens (tertiary/aromatic N) is 1. The van der Waals surface area contributed by atoms with Crippen LogP contribution in [0, 0.1) is 0 Å². The predicted octanol–water partition coefficient (Wildman–Crippen LogP) is 1.04. The molecule has 0 fully saturated rings. The minimum absolute atomic E-state index is 0.206. The molecule has 1 heterocycles. The van der Waals surface area contributed by atoms with Gasteiger partial charge in [0, 0.05) is 24.7 Å². The van der Waals surface area contributed by atoms with E-state index < -0.39 is 9.84 Å². The van der Waals surface area contributed by atoms with Crippen molar-refractivity contribution in [2.75, 3.05) is 18.6 Å². The lowest BCUT2D eigenvalue weighted by Gasteiger charge is -2.17. The van der Waals surface area contributed by atoms with Crippen LogP contribution >= 0.6 is 0 Å². The molecule has 0 amide bonds. The maximum absolute atomic E-state index is 11.2. The van der Waals surface area contributed by atoms with Crippen LogP contribution in [-0.2, 0) is 16.3 Å². The first-order valence-corrected chi connectivity index (χ1v) is 7.87. The summed E-state index contributed by atoms with van der Waals surface area (Å²) in [5.74, 6) is 0.232. The standard InChI is InChI=1S/C12H20N2O2S/c1-3-14-12(6-9-17(2,15)16)10-11-4-7-13-8-5-11/h4-5,7-8,12,14H,3,6,9-10H2,1-2H3. The molecule has 0 bridgehead atoms. The zero-order chi connectivity index (χ0) is 12.7. The van der Waals surface area contributed by atoms with Crippen molar-refractivity contribution >= 4 is 9.84 Å². The van der Waals surface area contributed by atoms with Gasteiger partial charge in [-0.3, -0.25) is 4.98 Å². The molecule has 0 radical (unpaired) electrons. The van der Waals surface area contributed by atoms with E-state index >= 15 is 0 Å². The molecule has 96 valence electrons. The quantitative estimate of drug-likeness (QED) is 0.792. The molecule has 17 heavy (non-hydrogen) atoms. The number of likely N-dealkylation sites (N-methyl/N-ethyl adjacent to an activating group) is 1. The number of sulfone groups is 1. The second-order valence-corrected chi connectivity index (χ2v) is 6.49. The van der Waals surface area contributed by atoms with E-state index in [1.807, 2.05) is 19.1 Å². The lowest BCUT2D eigenvalue weighted by atomic mass is 10.1. The maximum atomic E-state index is 11.2. The third-order valence-electron chi connectivity index (χ3n) is 2.56. The topological polar surface area (TPSA) is 59.1 Å². The van der Waals surface area contributed by atoms with Gasteiger partial charge >= 0.3 is 0 Å². The maximum Gasteiger partial charge on any atom is 0.147 e. The van der Waals surface area contributed by atoms with Gasteiger partial charge in [-0.05, 0) is 37.1 Å². The summed E-state index contributed by atoms with van der Waals surface area (Å²) in [5, 5.41) is 3.32. The average molecular weight is 256 g/mol. The van der Waals surface area contributed by atoms with Gasteiger partial charge in [0.15, 0.2) is 0 Å². The molecule has 1 aromatic rings. The number of rotatable bonds is 7. The Labute approximate surface area is 103 Å². The van der Waals surface area contributed by atoms with Gasteiger partial charge in [0.2, 0.25) is 0 Å². The van der Waals surface area contributed by atoms with Gasteiger partial charge in [-0.15, -0.1) is 0 Å². The first-order chi connectivity index (χ1) is 8.01. The Bertz CT molecular complexity index is 417. The number of aromatic nitrogens is 1. The summed E-state index contributed by atoms with van der Waals surface area (Å²) in [4.78, 5) is 3.97. The van der Waals surface area contributed by atoms with Crippen LogP contribution in [0.3, 0.4) is 0 Å². The zero-order valence-corrected chi connectivity index (χ0v) is 11.2. The van der Waals surface area contributed by atoms with Crippen molar-refractivity contribution in [1.82, 2.24) is 10.3 Å². The fourth-order valence-corrected chi connectivity index (χ4v) is 2.44. The molecule has 1 unspecified atom stereocenters. The highest BCUT2D eigenvalue weighted by Crippen LogP contribution is 2.06. The van der Waals surface area contributed by atoms with E-state index in [0.717, 1.165) is 13.0 Å². The second kappa shape index (κ2) is 6.71. The number of hydrogen-bond acceptors (Lipinski definition) is 4. The predicted molar refractivity (Wildman–Crippen MR) is 69.7 cm³/mol. The highest BCUT2D eigenvalue weighted by molar-refractivity contribution is 7.90. The SMILES string of the molecule is CCNC(CCS(C)(=O)=O)Cc1ccncc1. The molecule has 1 aromatic heterocycles. The largest absolute Gasteiger partial charge is 0.314 e. The molecule has 4 nitrogen and oxygen atoms in total. The van der Waals surface area contributed by atoms with Gasteiger partial charge in [-0.2, -0.15) is 0 Å². The Balaban J connectivity index is 2.54. The summed E-state index contributed by atoms with van der Waals surface area (Å²) in [5.41, 5.74) is 1.18. The molecule has 0 saturated carbocycles. The van der Waals surface area contributed by atoms with Crippen LogP contribution < -0.4 is 5.32 Å². The number of hydrogen-bond donors (Lipinski definition) is 1. The molecule has 1 N–H and O–H groups in total. The monoisotopic (exact) mass is 256 g/mol. The van der Waals surface area contributed by atoms with Gasteiger partial charge in [-0.25, -0.2) is 8.42 Å². The van der Waals surface area contributed by atoms with Gasteiger partial charge in [0.1, 0.15) is 9.84 Å². The van der Waals surface area contributed by atoms with E-state index in [9.17, 15) is 8.42 Å². The third-order valence-corrected chi connectivity index (χ3v) is 3.54. The summed E-state index contributed by atoms with van der Waals surface area (Å²) in [6, 6.07) is 4.13. The van der Waals surface area contributed by atoms with Gasteiger partial charge in [-0.1, -0.05) is 6.92 Å². The minimum Gasteiger partial charge on any atom is -0.314 e. The van der Waals surface area contributed by atoms with E-state index in [0.29, 0.717) is 6.42 Å². The normalized spacial score (nSPS) is 13.5. The summed E-state index contributed by atoms with van der Waals surface area (Å²) >= 11 is 0. The van der Waals surface area contributed by atoms with Crippen molar-refractivity contribution in [2.24, 2.45) is 0 Å². The molecule has 0 spiro atoms. The van der Waals surface area contributed by atoms with E-state index in [1.54, 1.807) is 12.4 Å².